The van der Waals surface area contributed by atoms with Gasteiger partial charge in [0.25, 0.3) is 0 Å². The molecule has 0 aliphatic carbocycles. The average molecular weight is 296 g/mol. The molecule has 1 saturated heterocycles. The van der Waals surface area contributed by atoms with E-state index in [0.29, 0.717) is 19.5 Å². The third-order valence-corrected chi connectivity index (χ3v) is 3.10. The Balaban J connectivity index is 2.63. The molecule has 1 rings (SSSR count). The predicted octanol–water partition coefficient (Wildman–Crippen LogP) is 1.45. The zero-order chi connectivity index (χ0) is 16.3. The first-order valence-electron chi connectivity index (χ1n) is 6.98. The second-order valence-electron chi connectivity index (χ2n) is 6.64. The van der Waals surface area contributed by atoms with E-state index in [1.54, 1.807) is 20.8 Å². The number of aliphatic carboxylic acids is 1. The van der Waals surface area contributed by atoms with Gasteiger partial charge in [-0.15, -0.1) is 12.3 Å². The highest BCUT2D eigenvalue weighted by Crippen LogP contribution is 2.27. The Morgan fingerprint density at radius 1 is 1.48 bits per heavy atom. The standard InChI is InChI=1S/C15H24N2O4/c1-6-7-11(2)16-15(8-12(18)19)9-17(10-15)13(20)21-14(3,4)5/h1,11,16H,7-10H2,2-5H3,(H,18,19). The number of ether oxygens (including phenoxy) is 1. The number of carboxylic acid groups (broad SMARTS) is 1. The number of nitrogens with one attached hydrogen (secondary N) is 1. The minimum Gasteiger partial charge on any atom is -0.481 e. The van der Waals surface area contributed by atoms with E-state index in [0.717, 1.165) is 0 Å². The summed E-state index contributed by atoms with van der Waals surface area (Å²) in [6.45, 7) is 7.90. The van der Waals surface area contributed by atoms with Gasteiger partial charge in [-0.05, 0) is 27.7 Å². The van der Waals surface area contributed by atoms with Gasteiger partial charge in [-0.3, -0.25) is 4.79 Å². The first-order valence-corrected chi connectivity index (χ1v) is 6.98. The molecule has 1 fully saturated rings. The van der Waals surface area contributed by atoms with E-state index < -0.39 is 23.2 Å². The summed E-state index contributed by atoms with van der Waals surface area (Å²) < 4.78 is 5.27. The molecule has 1 unspecified atom stereocenters. The fraction of sp³-hybridized carbons (Fsp3) is 0.733. The Labute approximate surface area is 125 Å². The highest BCUT2D eigenvalue weighted by molar-refractivity contribution is 5.73. The quantitative estimate of drug-likeness (QED) is 0.751. The fourth-order valence-electron chi connectivity index (χ4n) is 2.43. The second-order valence-corrected chi connectivity index (χ2v) is 6.64. The van der Waals surface area contributed by atoms with Gasteiger partial charge in [0.2, 0.25) is 0 Å². The summed E-state index contributed by atoms with van der Waals surface area (Å²) in [5.41, 5.74) is -1.19. The van der Waals surface area contributed by atoms with Gasteiger partial charge in [0.05, 0.1) is 12.0 Å². The van der Waals surface area contributed by atoms with E-state index in [4.69, 9.17) is 16.3 Å². The van der Waals surface area contributed by atoms with Crippen molar-refractivity contribution in [2.45, 2.75) is 57.7 Å². The first kappa shape index (κ1) is 17.3. The number of hydrogen-bond donors (Lipinski definition) is 2. The lowest BCUT2D eigenvalue weighted by Gasteiger charge is -2.50. The van der Waals surface area contributed by atoms with Gasteiger partial charge in [0.1, 0.15) is 5.60 Å². The largest absolute Gasteiger partial charge is 0.481 e. The molecule has 1 aliphatic heterocycles. The van der Waals surface area contributed by atoms with E-state index in [1.165, 1.54) is 4.90 Å². The molecule has 6 nitrogen and oxygen atoms in total. The van der Waals surface area contributed by atoms with E-state index >= 15 is 0 Å². The molecular weight excluding hydrogens is 272 g/mol. The molecule has 0 bridgehead atoms. The molecule has 2 N–H and O–H groups in total. The molecule has 118 valence electrons. The summed E-state index contributed by atoms with van der Waals surface area (Å²) >= 11 is 0. The van der Waals surface area contributed by atoms with Crippen molar-refractivity contribution in [3.05, 3.63) is 0 Å². The summed E-state index contributed by atoms with van der Waals surface area (Å²) in [6.07, 6.45) is 5.30. The third kappa shape index (κ3) is 5.27. The Morgan fingerprint density at radius 3 is 2.48 bits per heavy atom. The van der Waals surface area contributed by atoms with E-state index in [2.05, 4.69) is 11.2 Å². The van der Waals surface area contributed by atoms with Crippen molar-refractivity contribution in [1.29, 1.82) is 0 Å². The lowest BCUT2D eigenvalue weighted by Crippen LogP contribution is -2.72. The van der Waals surface area contributed by atoms with E-state index in [1.807, 2.05) is 6.92 Å². The van der Waals surface area contributed by atoms with Crippen molar-refractivity contribution in [3.8, 4) is 12.3 Å². The van der Waals surface area contributed by atoms with Crippen LogP contribution in [0, 0.1) is 12.3 Å². The van der Waals surface area contributed by atoms with E-state index in [-0.39, 0.29) is 12.5 Å². The molecule has 0 radical (unpaired) electrons. The Morgan fingerprint density at radius 2 is 2.05 bits per heavy atom. The fourth-order valence-corrected chi connectivity index (χ4v) is 2.43. The summed E-state index contributed by atoms with van der Waals surface area (Å²) in [4.78, 5) is 24.5. The smallest absolute Gasteiger partial charge is 0.410 e. The zero-order valence-corrected chi connectivity index (χ0v) is 13.1. The topological polar surface area (TPSA) is 78.9 Å². The van der Waals surface area contributed by atoms with Crippen LogP contribution in [0.1, 0.15) is 40.5 Å². The van der Waals surface area contributed by atoms with Crippen LogP contribution in [0.4, 0.5) is 4.79 Å². The van der Waals surface area contributed by atoms with Crippen molar-refractivity contribution in [1.82, 2.24) is 10.2 Å². The highest BCUT2D eigenvalue weighted by atomic mass is 16.6. The van der Waals surface area contributed by atoms with Crippen molar-refractivity contribution in [2.24, 2.45) is 0 Å². The zero-order valence-electron chi connectivity index (χ0n) is 13.1. The molecule has 0 aromatic rings. The second kappa shape index (κ2) is 6.35. The van der Waals surface area contributed by atoms with Gasteiger partial charge in [-0.2, -0.15) is 0 Å². The van der Waals surface area contributed by atoms with Crippen LogP contribution in [0.5, 0.6) is 0 Å². The lowest BCUT2D eigenvalue weighted by molar-refractivity contribution is -0.141. The summed E-state index contributed by atoms with van der Waals surface area (Å²) in [5.74, 6) is 1.64. The van der Waals surface area contributed by atoms with Crippen LogP contribution in [-0.4, -0.2) is 52.3 Å². The SMILES string of the molecule is C#CCC(C)NC1(CC(=O)O)CN(C(=O)OC(C)(C)C)C1. The molecule has 1 atom stereocenters. The van der Waals surface area contributed by atoms with Crippen LogP contribution < -0.4 is 5.32 Å². The summed E-state index contributed by atoms with van der Waals surface area (Å²) in [7, 11) is 0. The van der Waals surface area contributed by atoms with Crippen molar-refractivity contribution < 1.29 is 19.4 Å². The highest BCUT2D eigenvalue weighted by Gasteiger charge is 2.48. The van der Waals surface area contributed by atoms with Gasteiger partial charge in [0, 0.05) is 25.6 Å². The van der Waals surface area contributed by atoms with Gasteiger partial charge in [-0.1, -0.05) is 0 Å². The summed E-state index contributed by atoms with van der Waals surface area (Å²) in [6, 6.07) is -0.00450. The normalized spacial score (nSPS) is 18.3. The number of hydrogen-bond acceptors (Lipinski definition) is 4. The molecule has 21 heavy (non-hydrogen) atoms. The maximum Gasteiger partial charge on any atom is 0.410 e. The van der Waals surface area contributed by atoms with E-state index in [9.17, 15) is 9.59 Å². The number of amides is 1. The molecule has 6 heteroatoms. The molecule has 1 heterocycles. The molecule has 0 aromatic carbocycles. The van der Waals surface area contributed by atoms with Crippen molar-refractivity contribution in [2.75, 3.05) is 13.1 Å². The molecule has 0 aromatic heterocycles. The maximum atomic E-state index is 11.9. The average Bonchev–Trinajstić information content (AvgIpc) is 2.21. The number of carbonyl (C=O) groups is 2. The minimum absolute atomic E-state index is 0.00450. The lowest BCUT2D eigenvalue weighted by atomic mass is 9.85. The van der Waals surface area contributed by atoms with Crippen LogP contribution in [0.2, 0.25) is 0 Å². The van der Waals surface area contributed by atoms with Crippen LogP contribution >= 0.6 is 0 Å². The van der Waals surface area contributed by atoms with Crippen molar-refractivity contribution in [3.63, 3.8) is 0 Å². The van der Waals surface area contributed by atoms with Gasteiger partial charge >= 0.3 is 12.1 Å². The Kier molecular flexibility index (Phi) is 5.24. The molecule has 1 aliphatic rings. The van der Waals surface area contributed by atoms with Crippen LogP contribution in [-0.2, 0) is 9.53 Å². The Hall–Kier alpha value is -1.74. The first-order chi connectivity index (χ1) is 9.57. The molecular formula is C15H24N2O4. The molecule has 1 amide bonds. The van der Waals surface area contributed by atoms with Crippen LogP contribution in [0.3, 0.4) is 0 Å². The molecule has 0 spiro atoms. The maximum absolute atomic E-state index is 11.9. The van der Waals surface area contributed by atoms with Gasteiger partial charge in [-0.25, -0.2) is 4.79 Å². The number of carboxylic acids is 1. The Bertz CT molecular complexity index is 442. The number of nitrogens with zero attached hydrogens (tertiary/aromatic N) is 1. The van der Waals surface area contributed by atoms with Crippen LogP contribution in [0.25, 0.3) is 0 Å². The van der Waals surface area contributed by atoms with Crippen molar-refractivity contribution >= 4 is 12.1 Å². The van der Waals surface area contributed by atoms with Gasteiger partial charge in [0.15, 0.2) is 0 Å². The monoisotopic (exact) mass is 296 g/mol. The van der Waals surface area contributed by atoms with Gasteiger partial charge < -0.3 is 20.1 Å². The number of rotatable bonds is 5. The number of carbonyl (C=O) groups excluding carboxylic acids is 1. The summed E-state index contributed by atoms with van der Waals surface area (Å²) in [5, 5.41) is 12.3. The molecule has 0 saturated carbocycles. The van der Waals surface area contributed by atoms with Crippen LogP contribution in [0.15, 0.2) is 0 Å². The third-order valence-electron chi connectivity index (χ3n) is 3.10. The minimum atomic E-state index is -0.903. The predicted molar refractivity (Wildman–Crippen MR) is 78.8 cm³/mol. The number of terminal acetylenes is 1. The number of likely N-dealkylation sites (tertiary alicyclic amines) is 1.